The molecule has 0 saturated heterocycles. The molecule has 0 radical (unpaired) electrons. The molecule has 1 rings (SSSR count). The van der Waals surface area contributed by atoms with Crippen molar-refractivity contribution < 1.29 is 9.90 Å². The van der Waals surface area contributed by atoms with Crippen molar-refractivity contribution in [1.29, 1.82) is 0 Å². The number of rotatable bonds is 2. The van der Waals surface area contributed by atoms with Crippen LogP contribution in [0.3, 0.4) is 0 Å². The van der Waals surface area contributed by atoms with Gasteiger partial charge in [0.25, 0.3) is 0 Å². The van der Waals surface area contributed by atoms with Crippen LogP contribution in [0.25, 0.3) is 0 Å². The first-order valence-electron chi connectivity index (χ1n) is 3.78. The molecular formula is C9H21NO2. The van der Waals surface area contributed by atoms with Gasteiger partial charge in [-0.1, -0.05) is 14.4 Å². The summed E-state index contributed by atoms with van der Waals surface area (Å²) in [5, 5.41) is 12.1. The summed E-state index contributed by atoms with van der Waals surface area (Å²) in [5.41, 5.74) is 0.383. The third kappa shape index (κ3) is 3.83. The summed E-state index contributed by atoms with van der Waals surface area (Å²) in [4.78, 5) is 8.00. The van der Waals surface area contributed by atoms with Crippen LogP contribution < -0.4 is 5.32 Å². The van der Waals surface area contributed by atoms with Gasteiger partial charge < -0.3 is 15.2 Å². The van der Waals surface area contributed by atoms with Crippen LogP contribution in [0.1, 0.15) is 27.2 Å². The molecule has 1 saturated carbocycles. The molecule has 1 aliphatic carbocycles. The Hall–Kier alpha value is -0.410. The first-order chi connectivity index (χ1) is 5.16. The average molecular weight is 175 g/mol. The van der Waals surface area contributed by atoms with E-state index in [2.05, 4.69) is 12.2 Å². The maximum Gasteiger partial charge on any atom is 0.106 e. The number of carbonyl (C=O) groups excluding carboxylic acids is 1. The molecule has 0 aromatic carbocycles. The lowest BCUT2D eigenvalue weighted by Crippen LogP contribution is -2.44. The van der Waals surface area contributed by atoms with Crippen molar-refractivity contribution in [3.05, 3.63) is 0 Å². The van der Waals surface area contributed by atoms with E-state index in [1.165, 1.54) is 0 Å². The Labute approximate surface area is 75.2 Å². The van der Waals surface area contributed by atoms with Crippen LogP contribution >= 0.6 is 0 Å². The SMILES string of the molecule is C.C=O.CNCC1(C)CC(O)C1. The minimum absolute atomic E-state index is 0. The van der Waals surface area contributed by atoms with Crippen molar-refractivity contribution in [3.63, 3.8) is 0 Å². The highest BCUT2D eigenvalue weighted by Crippen LogP contribution is 2.39. The number of hydrogen-bond acceptors (Lipinski definition) is 3. The first-order valence-corrected chi connectivity index (χ1v) is 3.78. The van der Waals surface area contributed by atoms with Gasteiger partial charge in [0.05, 0.1) is 6.10 Å². The lowest BCUT2D eigenvalue weighted by Gasteiger charge is -2.42. The molecule has 74 valence electrons. The Morgan fingerprint density at radius 1 is 1.58 bits per heavy atom. The zero-order chi connectivity index (χ0) is 8.91. The van der Waals surface area contributed by atoms with Crippen LogP contribution in [0.4, 0.5) is 0 Å². The molecule has 0 aromatic heterocycles. The van der Waals surface area contributed by atoms with Crippen molar-refractivity contribution in [1.82, 2.24) is 5.32 Å². The van der Waals surface area contributed by atoms with E-state index in [0.717, 1.165) is 19.4 Å². The quantitative estimate of drug-likeness (QED) is 0.653. The van der Waals surface area contributed by atoms with E-state index in [1.54, 1.807) is 0 Å². The molecule has 1 fully saturated rings. The summed E-state index contributed by atoms with van der Waals surface area (Å²) in [6.45, 7) is 5.24. The second-order valence-electron chi connectivity index (χ2n) is 3.40. The summed E-state index contributed by atoms with van der Waals surface area (Å²) < 4.78 is 0. The van der Waals surface area contributed by atoms with Crippen LogP contribution in [0.2, 0.25) is 0 Å². The van der Waals surface area contributed by atoms with Crippen molar-refractivity contribution in [2.45, 2.75) is 33.3 Å². The third-order valence-corrected chi connectivity index (χ3v) is 2.06. The van der Waals surface area contributed by atoms with Crippen LogP contribution in [-0.2, 0) is 4.79 Å². The van der Waals surface area contributed by atoms with Gasteiger partial charge in [0.15, 0.2) is 0 Å². The summed E-state index contributed by atoms with van der Waals surface area (Å²) in [7, 11) is 1.95. The topological polar surface area (TPSA) is 49.3 Å². The highest BCUT2D eigenvalue weighted by atomic mass is 16.3. The van der Waals surface area contributed by atoms with E-state index in [4.69, 9.17) is 9.90 Å². The van der Waals surface area contributed by atoms with E-state index in [1.807, 2.05) is 13.8 Å². The Morgan fingerprint density at radius 2 is 2.00 bits per heavy atom. The zero-order valence-electron chi connectivity index (χ0n) is 7.26. The number of hydrogen-bond donors (Lipinski definition) is 2. The predicted octanol–water partition coefficient (Wildman–Crippen LogP) is 0.818. The Balaban J connectivity index is 0. The van der Waals surface area contributed by atoms with E-state index in [9.17, 15) is 0 Å². The van der Waals surface area contributed by atoms with Crippen LogP contribution in [0.5, 0.6) is 0 Å². The largest absolute Gasteiger partial charge is 0.393 e. The second kappa shape index (κ2) is 6.14. The average Bonchev–Trinajstić information content (AvgIpc) is 1.90. The minimum atomic E-state index is -0.0247. The van der Waals surface area contributed by atoms with E-state index in [-0.39, 0.29) is 13.5 Å². The number of aliphatic hydroxyl groups excluding tert-OH is 1. The van der Waals surface area contributed by atoms with Gasteiger partial charge in [-0.3, -0.25) is 0 Å². The fourth-order valence-electron chi connectivity index (χ4n) is 1.65. The molecule has 0 unspecified atom stereocenters. The molecule has 0 heterocycles. The van der Waals surface area contributed by atoms with Crippen molar-refractivity contribution in [3.8, 4) is 0 Å². The van der Waals surface area contributed by atoms with Crippen LogP contribution in [0.15, 0.2) is 0 Å². The molecule has 2 N–H and O–H groups in total. The van der Waals surface area contributed by atoms with Crippen LogP contribution in [-0.4, -0.2) is 31.6 Å². The van der Waals surface area contributed by atoms with Gasteiger partial charge in [0, 0.05) is 6.54 Å². The summed E-state index contributed by atoms with van der Waals surface area (Å²) in [6, 6.07) is 0. The summed E-state index contributed by atoms with van der Waals surface area (Å²) in [5.74, 6) is 0. The molecule has 3 heteroatoms. The highest BCUT2D eigenvalue weighted by Gasteiger charge is 2.38. The molecule has 12 heavy (non-hydrogen) atoms. The zero-order valence-corrected chi connectivity index (χ0v) is 7.26. The molecule has 1 aliphatic rings. The molecular weight excluding hydrogens is 154 g/mol. The van der Waals surface area contributed by atoms with Gasteiger partial charge in [-0.2, -0.15) is 0 Å². The first kappa shape index (κ1) is 14.1. The van der Waals surface area contributed by atoms with Gasteiger partial charge in [0.1, 0.15) is 6.79 Å². The van der Waals surface area contributed by atoms with Gasteiger partial charge in [0.2, 0.25) is 0 Å². The van der Waals surface area contributed by atoms with Crippen LogP contribution in [0, 0.1) is 5.41 Å². The Kier molecular flexibility index (Phi) is 7.24. The molecule has 0 atom stereocenters. The van der Waals surface area contributed by atoms with Crippen molar-refractivity contribution >= 4 is 6.79 Å². The molecule has 3 nitrogen and oxygen atoms in total. The number of carbonyl (C=O) groups is 1. The fourth-order valence-corrected chi connectivity index (χ4v) is 1.65. The maximum absolute atomic E-state index is 8.98. The normalized spacial score (nSPS) is 32.1. The van der Waals surface area contributed by atoms with Gasteiger partial charge >= 0.3 is 0 Å². The second-order valence-corrected chi connectivity index (χ2v) is 3.40. The predicted molar refractivity (Wildman–Crippen MR) is 51.1 cm³/mol. The number of nitrogens with one attached hydrogen (secondary N) is 1. The standard InChI is InChI=1S/C7H15NO.CH2O.CH4/c1-7(5-8-2)3-6(9)4-7;1-2;/h6,8-9H,3-5H2,1-2H3;1H2;1H4. The van der Waals surface area contributed by atoms with Crippen molar-refractivity contribution in [2.75, 3.05) is 13.6 Å². The lowest BCUT2D eigenvalue weighted by atomic mass is 9.68. The molecule has 0 aliphatic heterocycles. The maximum atomic E-state index is 8.98. The molecule has 0 spiro atoms. The van der Waals surface area contributed by atoms with E-state index in [0.29, 0.717) is 5.41 Å². The van der Waals surface area contributed by atoms with E-state index < -0.39 is 0 Å². The Bertz CT molecular complexity index is 106. The lowest BCUT2D eigenvalue weighted by molar-refractivity contribution is -0.0979. The molecule has 0 amide bonds. The third-order valence-electron chi connectivity index (χ3n) is 2.06. The van der Waals surface area contributed by atoms with E-state index >= 15 is 0 Å². The minimum Gasteiger partial charge on any atom is -0.393 e. The van der Waals surface area contributed by atoms with Gasteiger partial charge in [-0.05, 0) is 25.3 Å². The summed E-state index contributed by atoms with van der Waals surface area (Å²) >= 11 is 0. The highest BCUT2D eigenvalue weighted by molar-refractivity contribution is 5.10. The molecule has 0 bridgehead atoms. The smallest absolute Gasteiger partial charge is 0.106 e. The fraction of sp³-hybridized carbons (Fsp3) is 0.889. The number of aliphatic hydroxyl groups is 1. The molecule has 0 aromatic rings. The van der Waals surface area contributed by atoms with Crippen molar-refractivity contribution in [2.24, 2.45) is 5.41 Å². The summed E-state index contributed by atoms with van der Waals surface area (Å²) in [6.07, 6.45) is 1.91. The van der Waals surface area contributed by atoms with Gasteiger partial charge in [-0.15, -0.1) is 0 Å². The monoisotopic (exact) mass is 175 g/mol. The Morgan fingerprint density at radius 3 is 2.25 bits per heavy atom. The van der Waals surface area contributed by atoms with Gasteiger partial charge in [-0.25, -0.2) is 0 Å².